The maximum absolute atomic E-state index is 10.9. The molecule has 0 saturated carbocycles. The fourth-order valence-corrected chi connectivity index (χ4v) is 2.46. The van der Waals surface area contributed by atoms with Gasteiger partial charge in [-0.15, -0.1) is 0 Å². The summed E-state index contributed by atoms with van der Waals surface area (Å²) in [5.74, 6) is -0.153. The van der Waals surface area contributed by atoms with Crippen LogP contribution < -0.4 is 0 Å². The second-order valence-corrected chi connectivity index (χ2v) is 6.12. The molecular formula is C9H9ClN2O2S. The van der Waals surface area contributed by atoms with Gasteiger partial charge in [-0.25, -0.2) is 8.42 Å². The Balaban J connectivity index is 2.48. The van der Waals surface area contributed by atoms with Crippen LogP contribution in [0.5, 0.6) is 0 Å². The van der Waals surface area contributed by atoms with E-state index in [0.29, 0.717) is 5.56 Å². The molecule has 0 unspecified atom stereocenters. The van der Waals surface area contributed by atoms with Gasteiger partial charge in [0.2, 0.25) is 9.05 Å². The van der Waals surface area contributed by atoms with Crippen LogP contribution in [-0.2, 0) is 21.9 Å². The van der Waals surface area contributed by atoms with Gasteiger partial charge in [-0.3, -0.25) is 4.68 Å². The molecule has 0 aliphatic carbocycles. The zero-order valence-corrected chi connectivity index (χ0v) is 9.59. The van der Waals surface area contributed by atoms with Gasteiger partial charge in [-0.05, 0) is 17.7 Å². The van der Waals surface area contributed by atoms with E-state index >= 15 is 0 Å². The van der Waals surface area contributed by atoms with Crippen molar-refractivity contribution in [3.8, 4) is 0 Å². The molecule has 1 aromatic carbocycles. The Bertz CT molecular complexity index is 604. The monoisotopic (exact) mass is 244 g/mol. The summed E-state index contributed by atoms with van der Waals surface area (Å²) in [6, 6.07) is 5.35. The van der Waals surface area contributed by atoms with Crippen molar-refractivity contribution in [1.29, 1.82) is 0 Å². The molecule has 0 radical (unpaired) electrons. The Morgan fingerprint density at radius 3 is 2.87 bits per heavy atom. The summed E-state index contributed by atoms with van der Waals surface area (Å²) >= 11 is 0. The molecule has 2 rings (SSSR count). The van der Waals surface area contributed by atoms with Crippen molar-refractivity contribution in [3.05, 3.63) is 30.0 Å². The second kappa shape index (κ2) is 3.50. The zero-order valence-electron chi connectivity index (χ0n) is 8.01. The van der Waals surface area contributed by atoms with Gasteiger partial charge in [0.05, 0.1) is 17.5 Å². The van der Waals surface area contributed by atoms with Crippen molar-refractivity contribution in [2.45, 2.75) is 5.75 Å². The van der Waals surface area contributed by atoms with Crippen LogP contribution in [0.3, 0.4) is 0 Å². The average molecular weight is 245 g/mol. The molecule has 0 aliphatic heterocycles. The van der Waals surface area contributed by atoms with Crippen LogP contribution in [0.25, 0.3) is 10.9 Å². The van der Waals surface area contributed by atoms with E-state index in [4.69, 9.17) is 10.7 Å². The lowest BCUT2D eigenvalue weighted by molar-refractivity contribution is 0.609. The maximum Gasteiger partial charge on any atom is 0.236 e. The van der Waals surface area contributed by atoms with Crippen LogP contribution in [0.1, 0.15) is 5.56 Å². The van der Waals surface area contributed by atoms with Gasteiger partial charge < -0.3 is 0 Å². The largest absolute Gasteiger partial charge is 0.268 e. The number of aromatic nitrogens is 2. The van der Waals surface area contributed by atoms with E-state index in [1.165, 1.54) is 0 Å². The third-order valence-corrected chi connectivity index (χ3v) is 3.16. The van der Waals surface area contributed by atoms with E-state index < -0.39 is 9.05 Å². The first-order valence-corrected chi connectivity index (χ1v) is 6.76. The third-order valence-electron chi connectivity index (χ3n) is 2.15. The summed E-state index contributed by atoms with van der Waals surface area (Å²) in [7, 11) is 3.52. The molecule has 0 spiro atoms. The molecular weight excluding hydrogens is 236 g/mol. The highest BCUT2D eigenvalue weighted by Crippen LogP contribution is 2.17. The fourth-order valence-electron chi connectivity index (χ4n) is 1.50. The summed E-state index contributed by atoms with van der Waals surface area (Å²) in [4.78, 5) is 0. The van der Waals surface area contributed by atoms with Gasteiger partial charge in [-0.1, -0.05) is 6.07 Å². The molecule has 2 aromatic rings. The first-order chi connectivity index (χ1) is 6.96. The topological polar surface area (TPSA) is 52.0 Å². The number of aryl methyl sites for hydroxylation is 1. The van der Waals surface area contributed by atoms with Crippen LogP contribution in [0.2, 0.25) is 0 Å². The highest BCUT2D eigenvalue weighted by Gasteiger charge is 2.08. The highest BCUT2D eigenvalue weighted by atomic mass is 35.7. The average Bonchev–Trinajstić information content (AvgIpc) is 2.45. The lowest BCUT2D eigenvalue weighted by Gasteiger charge is -1.98. The Morgan fingerprint density at radius 1 is 1.47 bits per heavy atom. The molecule has 80 valence electrons. The number of hydrogen-bond acceptors (Lipinski definition) is 3. The lowest BCUT2D eigenvalue weighted by Crippen LogP contribution is -1.95. The Hall–Kier alpha value is -1.07. The fraction of sp³-hybridized carbons (Fsp3) is 0.222. The minimum Gasteiger partial charge on any atom is -0.268 e. The number of nitrogens with zero attached hydrogens (tertiary/aromatic N) is 2. The number of halogens is 1. The summed E-state index contributed by atoms with van der Waals surface area (Å²) in [6.45, 7) is 0. The third kappa shape index (κ3) is 2.30. The molecule has 4 nitrogen and oxygen atoms in total. The molecule has 0 N–H and O–H groups in total. The number of hydrogen-bond donors (Lipinski definition) is 0. The van der Waals surface area contributed by atoms with E-state index in [1.807, 2.05) is 13.1 Å². The summed E-state index contributed by atoms with van der Waals surface area (Å²) in [5.41, 5.74) is 1.64. The number of fused-ring (bicyclic) bond motifs is 1. The molecule has 0 fully saturated rings. The Labute approximate surface area is 91.9 Å². The van der Waals surface area contributed by atoms with E-state index in [1.54, 1.807) is 23.0 Å². The van der Waals surface area contributed by atoms with Crippen molar-refractivity contribution in [2.75, 3.05) is 0 Å². The molecule has 0 amide bonds. The molecule has 1 heterocycles. The summed E-state index contributed by atoms with van der Waals surface area (Å²) in [6.07, 6.45) is 1.69. The van der Waals surface area contributed by atoms with Gasteiger partial charge >= 0.3 is 0 Å². The normalized spacial score (nSPS) is 12.1. The molecule has 0 saturated heterocycles. The minimum atomic E-state index is -3.49. The molecule has 15 heavy (non-hydrogen) atoms. The quantitative estimate of drug-likeness (QED) is 0.755. The molecule has 0 bridgehead atoms. The van der Waals surface area contributed by atoms with Gasteiger partial charge in [-0.2, -0.15) is 5.10 Å². The first kappa shape index (κ1) is 10.4. The Kier molecular flexibility index (Phi) is 2.44. The van der Waals surface area contributed by atoms with Crippen LogP contribution in [0.4, 0.5) is 0 Å². The predicted molar refractivity (Wildman–Crippen MR) is 59.2 cm³/mol. The summed E-state index contributed by atoms with van der Waals surface area (Å²) in [5, 5.41) is 4.98. The van der Waals surface area contributed by atoms with Crippen molar-refractivity contribution in [2.24, 2.45) is 7.05 Å². The molecule has 0 aliphatic rings. The number of rotatable bonds is 2. The van der Waals surface area contributed by atoms with Crippen molar-refractivity contribution in [1.82, 2.24) is 9.78 Å². The van der Waals surface area contributed by atoms with E-state index in [0.717, 1.165) is 10.9 Å². The van der Waals surface area contributed by atoms with Crippen LogP contribution in [0.15, 0.2) is 24.4 Å². The van der Waals surface area contributed by atoms with Crippen molar-refractivity contribution >= 4 is 30.6 Å². The van der Waals surface area contributed by atoms with Crippen LogP contribution in [0, 0.1) is 0 Å². The Morgan fingerprint density at radius 2 is 2.20 bits per heavy atom. The van der Waals surface area contributed by atoms with E-state index in [9.17, 15) is 8.42 Å². The lowest BCUT2D eigenvalue weighted by atomic mass is 10.2. The molecule has 6 heteroatoms. The highest BCUT2D eigenvalue weighted by molar-refractivity contribution is 8.13. The standard InChI is InChI=1S/C9H9ClN2O2S/c1-12-9-3-2-7(6-15(10,13)14)4-8(9)5-11-12/h2-5H,6H2,1H3. The van der Waals surface area contributed by atoms with Crippen LogP contribution in [-0.4, -0.2) is 18.2 Å². The maximum atomic E-state index is 10.9. The van der Waals surface area contributed by atoms with Crippen molar-refractivity contribution in [3.63, 3.8) is 0 Å². The predicted octanol–water partition coefficient (Wildman–Crippen LogP) is 1.64. The van der Waals surface area contributed by atoms with Gasteiger partial charge in [0.1, 0.15) is 0 Å². The summed E-state index contributed by atoms with van der Waals surface area (Å²) < 4.78 is 23.5. The van der Waals surface area contributed by atoms with E-state index in [2.05, 4.69) is 5.10 Å². The second-order valence-electron chi connectivity index (χ2n) is 3.34. The molecule has 1 aromatic heterocycles. The molecule has 0 atom stereocenters. The first-order valence-electron chi connectivity index (χ1n) is 4.29. The SMILES string of the molecule is Cn1ncc2cc(CS(=O)(=O)Cl)ccc21. The van der Waals surface area contributed by atoms with Gasteiger partial charge in [0.25, 0.3) is 0 Å². The van der Waals surface area contributed by atoms with Gasteiger partial charge in [0.15, 0.2) is 0 Å². The zero-order chi connectivity index (χ0) is 11.1. The van der Waals surface area contributed by atoms with Crippen LogP contribution >= 0.6 is 10.7 Å². The van der Waals surface area contributed by atoms with Gasteiger partial charge in [0, 0.05) is 23.1 Å². The minimum absolute atomic E-state index is 0.153. The number of benzene rings is 1. The van der Waals surface area contributed by atoms with E-state index in [-0.39, 0.29) is 5.75 Å². The van der Waals surface area contributed by atoms with Crippen molar-refractivity contribution < 1.29 is 8.42 Å². The smallest absolute Gasteiger partial charge is 0.236 e.